The number of benzene rings is 2. The topological polar surface area (TPSA) is 34.0 Å². The van der Waals surface area contributed by atoms with E-state index >= 15 is 0 Å². The van der Waals surface area contributed by atoms with Crippen molar-refractivity contribution in [3.63, 3.8) is 0 Å². The highest BCUT2D eigenvalue weighted by Crippen LogP contribution is 2.29. The van der Waals surface area contributed by atoms with Crippen molar-refractivity contribution in [2.45, 2.75) is 26.3 Å². The fourth-order valence-electron chi connectivity index (χ4n) is 2.66. The molecule has 0 radical (unpaired) electrons. The maximum Gasteiger partial charge on any atom is 0.244 e. The lowest BCUT2D eigenvalue weighted by Gasteiger charge is -2.10. The largest absolute Gasteiger partial charge is 0.338 e. The number of hydrogen-bond acceptors (Lipinski definition) is 1. The Kier molecular flexibility index (Phi) is 4.83. The molecular weight excluding hydrogens is 343 g/mol. The van der Waals surface area contributed by atoms with Crippen molar-refractivity contribution in [3.8, 4) is 0 Å². The summed E-state index contributed by atoms with van der Waals surface area (Å²) >= 11 is 12.1. The van der Waals surface area contributed by atoms with Crippen molar-refractivity contribution in [2.75, 3.05) is 5.32 Å². The molecule has 1 amide bonds. The molecule has 124 valence electrons. The molecule has 0 aliphatic carbocycles. The average Bonchev–Trinajstić information content (AvgIpc) is 2.94. The molecule has 0 bridgehead atoms. The van der Waals surface area contributed by atoms with Crippen LogP contribution in [0.2, 0.25) is 10.0 Å². The first-order valence-corrected chi connectivity index (χ1v) is 8.54. The molecule has 3 nitrogen and oxygen atoms in total. The Bertz CT molecular complexity index is 900. The smallest absolute Gasteiger partial charge is 0.244 e. The third kappa shape index (κ3) is 3.42. The van der Waals surface area contributed by atoms with Gasteiger partial charge in [-0.2, -0.15) is 0 Å². The van der Waals surface area contributed by atoms with E-state index in [1.165, 1.54) is 5.56 Å². The predicted molar refractivity (Wildman–Crippen MR) is 101 cm³/mol. The molecule has 0 atom stereocenters. The van der Waals surface area contributed by atoms with Crippen LogP contribution < -0.4 is 5.32 Å². The van der Waals surface area contributed by atoms with E-state index in [4.69, 9.17) is 23.2 Å². The summed E-state index contributed by atoms with van der Waals surface area (Å²) in [5, 5.41) is 4.71. The summed E-state index contributed by atoms with van der Waals surface area (Å²) in [5.74, 6) is 0.329. The SMILES string of the molecule is CC(C)c1ccc2c(ccn2CC(=O)Nc2cccc(Cl)c2Cl)c1. The Morgan fingerprint density at radius 3 is 2.71 bits per heavy atom. The van der Waals surface area contributed by atoms with Gasteiger partial charge in [0, 0.05) is 11.7 Å². The second-order valence-electron chi connectivity index (χ2n) is 6.07. The first-order chi connectivity index (χ1) is 11.5. The number of carbonyl (C=O) groups is 1. The molecule has 0 aliphatic rings. The Morgan fingerprint density at radius 1 is 1.17 bits per heavy atom. The zero-order chi connectivity index (χ0) is 17.3. The quantitative estimate of drug-likeness (QED) is 0.634. The van der Waals surface area contributed by atoms with E-state index in [-0.39, 0.29) is 12.5 Å². The van der Waals surface area contributed by atoms with E-state index in [1.807, 2.05) is 16.8 Å². The fraction of sp³-hybridized carbons (Fsp3) is 0.211. The van der Waals surface area contributed by atoms with E-state index in [9.17, 15) is 4.79 Å². The zero-order valence-electron chi connectivity index (χ0n) is 13.5. The summed E-state index contributed by atoms with van der Waals surface area (Å²) in [6, 6.07) is 13.5. The van der Waals surface area contributed by atoms with Gasteiger partial charge in [0.1, 0.15) is 6.54 Å². The predicted octanol–water partition coefficient (Wildman–Crippen LogP) is 5.71. The second kappa shape index (κ2) is 6.88. The number of hydrogen-bond donors (Lipinski definition) is 1. The number of nitrogens with one attached hydrogen (secondary N) is 1. The lowest BCUT2D eigenvalue weighted by Crippen LogP contribution is -2.18. The summed E-state index contributed by atoms with van der Waals surface area (Å²) in [7, 11) is 0. The van der Waals surface area contributed by atoms with E-state index < -0.39 is 0 Å². The molecule has 1 N–H and O–H groups in total. The number of nitrogens with zero attached hydrogens (tertiary/aromatic N) is 1. The minimum absolute atomic E-state index is 0.149. The number of rotatable bonds is 4. The standard InChI is InChI=1S/C19H18Cl2N2O/c1-12(2)13-6-7-17-14(10-13)8-9-23(17)11-18(24)22-16-5-3-4-15(20)19(16)21/h3-10,12H,11H2,1-2H3,(H,22,24). The number of aromatic nitrogens is 1. The molecule has 0 saturated carbocycles. The van der Waals surface area contributed by atoms with Crippen molar-refractivity contribution in [1.82, 2.24) is 4.57 Å². The highest BCUT2D eigenvalue weighted by Gasteiger charge is 2.11. The minimum atomic E-state index is -0.149. The molecule has 3 rings (SSSR count). The molecule has 5 heteroatoms. The third-order valence-electron chi connectivity index (χ3n) is 4.00. The molecule has 1 heterocycles. The van der Waals surface area contributed by atoms with Crippen molar-refractivity contribution < 1.29 is 4.79 Å². The van der Waals surface area contributed by atoms with E-state index in [1.54, 1.807) is 18.2 Å². The van der Waals surface area contributed by atoms with Crippen LogP contribution in [0, 0.1) is 0 Å². The molecule has 3 aromatic rings. The Morgan fingerprint density at radius 2 is 1.96 bits per heavy atom. The summed E-state index contributed by atoms with van der Waals surface area (Å²) in [4.78, 5) is 12.3. The van der Waals surface area contributed by atoms with E-state index in [0.717, 1.165) is 10.9 Å². The van der Waals surface area contributed by atoms with Crippen molar-refractivity contribution >= 4 is 45.7 Å². The normalized spacial score (nSPS) is 11.2. The van der Waals surface area contributed by atoms with Crippen LogP contribution in [0.1, 0.15) is 25.3 Å². The Balaban J connectivity index is 1.79. The van der Waals surface area contributed by atoms with Gasteiger partial charge in [0.15, 0.2) is 0 Å². The van der Waals surface area contributed by atoms with Gasteiger partial charge in [-0.05, 0) is 47.2 Å². The van der Waals surface area contributed by atoms with Crippen LogP contribution in [-0.4, -0.2) is 10.5 Å². The maximum atomic E-state index is 12.3. The van der Waals surface area contributed by atoms with Gasteiger partial charge in [-0.15, -0.1) is 0 Å². The first-order valence-electron chi connectivity index (χ1n) is 7.78. The molecule has 0 aliphatic heterocycles. The third-order valence-corrected chi connectivity index (χ3v) is 4.82. The van der Waals surface area contributed by atoms with Gasteiger partial charge >= 0.3 is 0 Å². The molecule has 0 unspecified atom stereocenters. The van der Waals surface area contributed by atoms with E-state index in [0.29, 0.717) is 21.7 Å². The fourth-order valence-corrected chi connectivity index (χ4v) is 3.01. The van der Waals surface area contributed by atoms with Gasteiger partial charge < -0.3 is 9.88 Å². The molecule has 24 heavy (non-hydrogen) atoms. The van der Waals surface area contributed by atoms with Gasteiger partial charge in [0.25, 0.3) is 0 Å². The summed E-state index contributed by atoms with van der Waals surface area (Å²) in [6.07, 6.45) is 1.92. The van der Waals surface area contributed by atoms with Gasteiger partial charge in [-0.1, -0.05) is 49.2 Å². The number of amides is 1. The van der Waals surface area contributed by atoms with Gasteiger partial charge in [-0.3, -0.25) is 4.79 Å². The van der Waals surface area contributed by atoms with E-state index in [2.05, 4.69) is 37.4 Å². The lowest BCUT2D eigenvalue weighted by atomic mass is 10.0. The van der Waals surface area contributed by atoms with Crippen molar-refractivity contribution in [2.24, 2.45) is 0 Å². The lowest BCUT2D eigenvalue weighted by molar-refractivity contribution is -0.116. The zero-order valence-corrected chi connectivity index (χ0v) is 15.0. The summed E-state index contributed by atoms with van der Waals surface area (Å²) in [5.41, 5.74) is 2.84. The number of anilines is 1. The van der Waals surface area contributed by atoms with Crippen LogP contribution in [-0.2, 0) is 11.3 Å². The highest BCUT2D eigenvalue weighted by atomic mass is 35.5. The van der Waals surface area contributed by atoms with Crippen molar-refractivity contribution in [3.05, 3.63) is 64.3 Å². The Hall–Kier alpha value is -1.97. The van der Waals surface area contributed by atoms with Crippen LogP contribution in [0.4, 0.5) is 5.69 Å². The monoisotopic (exact) mass is 360 g/mol. The first kappa shape index (κ1) is 16.9. The second-order valence-corrected chi connectivity index (χ2v) is 6.85. The maximum absolute atomic E-state index is 12.3. The minimum Gasteiger partial charge on any atom is -0.338 e. The molecule has 2 aromatic carbocycles. The van der Waals surface area contributed by atoms with Gasteiger partial charge in [-0.25, -0.2) is 0 Å². The molecule has 0 spiro atoms. The number of halogens is 2. The van der Waals surface area contributed by atoms with Crippen LogP contribution >= 0.6 is 23.2 Å². The summed E-state index contributed by atoms with van der Waals surface area (Å²) < 4.78 is 1.92. The van der Waals surface area contributed by atoms with Crippen LogP contribution in [0.15, 0.2) is 48.7 Å². The van der Waals surface area contributed by atoms with Crippen LogP contribution in [0.3, 0.4) is 0 Å². The average molecular weight is 361 g/mol. The van der Waals surface area contributed by atoms with Gasteiger partial charge in [0.05, 0.1) is 15.7 Å². The van der Waals surface area contributed by atoms with Crippen LogP contribution in [0.25, 0.3) is 10.9 Å². The molecule has 0 fully saturated rings. The molecule has 0 saturated heterocycles. The number of fused-ring (bicyclic) bond motifs is 1. The summed E-state index contributed by atoms with van der Waals surface area (Å²) in [6.45, 7) is 4.55. The van der Waals surface area contributed by atoms with Crippen molar-refractivity contribution in [1.29, 1.82) is 0 Å². The molecular formula is C19H18Cl2N2O. The van der Waals surface area contributed by atoms with Gasteiger partial charge in [0.2, 0.25) is 5.91 Å². The van der Waals surface area contributed by atoms with Crippen LogP contribution in [0.5, 0.6) is 0 Å². The Labute approximate surface area is 151 Å². The molecule has 1 aromatic heterocycles. The number of carbonyl (C=O) groups excluding carboxylic acids is 1. The highest BCUT2D eigenvalue weighted by molar-refractivity contribution is 6.43.